The minimum absolute atomic E-state index is 0. The van der Waals surface area contributed by atoms with E-state index in [1.54, 1.807) is 24.3 Å². The van der Waals surface area contributed by atoms with Crippen LogP contribution in [0.2, 0.25) is 0 Å². The second kappa shape index (κ2) is 13.6. The summed E-state index contributed by atoms with van der Waals surface area (Å²) in [6.45, 7) is 0.434. The molecule has 3 nitrogen and oxygen atoms in total. The Labute approximate surface area is 242 Å². The SMILES string of the molecule is O=C1C=C(OCCCCCC[P+](c2ccccc2)(c2ccccc2)c2ccccc2)C(=O)c2ccccc21.[Br-]. The summed E-state index contributed by atoms with van der Waals surface area (Å²) >= 11 is 0. The summed E-state index contributed by atoms with van der Waals surface area (Å²) in [7, 11) is -1.80. The zero-order valence-electron chi connectivity index (χ0n) is 21.8. The Morgan fingerprint density at radius 1 is 0.538 bits per heavy atom. The molecule has 0 fully saturated rings. The number of allylic oxidation sites excluding steroid dienone is 2. The van der Waals surface area contributed by atoms with Gasteiger partial charge in [-0.3, -0.25) is 9.59 Å². The first-order valence-corrected chi connectivity index (χ1v) is 15.2. The van der Waals surface area contributed by atoms with Crippen molar-refractivity contribution in [1.29, 1.82) is 0 Å². The van der Waals surface area contributed by atoms with Gasteiger partial charge < -0.3 is 21.7 Å². The van der Waals surface area contributed by atoms with Crippen LogP contribution in [-0.4, -0.2) is 24.3 Å². The van der Waals surface area contributed by atoms with E-state index in [-0.39, 0.29) is 34.3 Å². The van der Waals surface area contributed by atoms with Crippen LogP contribution < -0.4 is 32.9 Å². The Kier molecular flexibility index (Phi) is 10.0. The average Bonchev–Trinajstić information content (AvgIpc) is 2.98. The van der Waals surface area contributed by atoms with Crippen molar-refractivity contribution in [3.8, 4) is 0 Å². The van der Waals surface area contributed by atoms with Gasteiger partial charge >= 0.3 is 0 Å². The van der Waals surface area contributed by atoms with E-state index in [1.807, 2.05) is 0 Å². The number of Topliss-reactive ketones (excluding diaryl/α,β-unsaturated/α-hetero) is 1. The van der Waals surface area contributed by atoms with Crippen molar-refractivity contribution in [1.82, 2.24) is 0 Å². The smallest absolute Gasteiger partial charge is 0.228 e. The summed E-state index contributed by atoms with van der Waals surface area (Å²) in [6, 6.07) is 39.8. The molecule has 198 valence electrons. The maximum Gasteiger partial charge on any atom is 0.228 e. The molecule has 0 unspecified atom stereocenters. The van der Waals surface area contributed by atoms with Gasteiger partial charge in [0.15, 0.2) is 11.5 Å². The fourth-order valence-electron chi connectivity index (χ4n) is 5.27. The summed E-state index contributed by atoms with van der Waals surface area (Å²) in [5.74, 6) is -0.211. The number of carbonyl (C=O) groups excluding carboxylic acids is 2. The van der Waals surface area contributed by atoms with Crippen LogP contribution in [0.1, 0.15) is 46.4 Å². The highest BCUT2D eigenvalue weighted by molar-refractivity contribution is 7.95. The summed E-state index contributed by atoms with van der Waals surface area (Å²) in [5, 5.41) is 4.23. The Morgan fingerprint density at radius 3 is 1.54 bits per heavy atom. The number of hydrogen-bond acceptors (Lipinski definition) is 3. The molecule has 4 aromatic carbocycles. The van der Waals surface area contributed by atoms with E-state index in [0.717, 1.165) is 31.8 Å². The van der Waals surface area contributed by atoms with Gasteiger partial charge in [-0.1, -0.05) is 78.9 Å². The van der Waals surface area contributed by atoms with Crippen molar-refractivity contribution in [2.45, 2.75) is 25.7 Å². The largest absolute Gasteiger partial charge is 1.00 e. The van der Waals surface area contributed by atoms with Gasteiger partial charge in [0, 0.05) is 17.2 Å². The number of ketones is 2. The van der Waals surface area contributed by atoms with Crippen molar-refractivity contribution in [2.75, 3.05) is 12.8 Å². The third-order valence-corrected chi connectivity index (χ3v) is 11.7. The maximum absolute atomic E-state index is 12.7. The number of unbranched alkanes of at least 4 members (excludes halogenated alkanes) is 3. The second-order valence-corrected chi connectivity index (χ2v) is 13.2. The molecule has 39 heavy (non-hydrogen) atoms. The van der Waals surface area contributed by atoms with Gasteiger partial charge in [0.25, 0.3) is 0 Å². The van der Waals surface area contributed by atoms with Crippen molar-refractivity contribution in [3.63, 3.8) is 0 Å². The molecule has 1 aliphatic rings. The van der Waals surface area contributed by atoms with Crippen molar-refractivity contribution in [2.24, 2.45) is 0 Å². The highest BCUT2D eigenvalue weighted by atomic mass is 79.9. The lowest BCUT2D eigenvalue weighted by Gasteiger charge is -2.27. The zero-order chi connectivity index (χ0) is 26.2. The molecule has 0 saturated heterocycles. The highest BCUT2D eigenvalue weighted by Crippen LogP contribution is 2.56. The predicted molar refractivity (Wildman–Crippen MR) is 158 cm³/mol. The monoisotopic (exact) mass is 598 g/mol. The third-order valence-electron chi connectivity index (χ3n) is 7.16. The molecule has 0 aliphatic heterocycles. The van der Waals surface area contributed by atoms with Crippen LogP contribution in [0, 0.1) is 0 Å². The number of ether oxygens (including phenoxy) is 1. The van der Waals surface area contributed by atoms with Crippen LogP contribution in [0.25, 0.3) is 0 Å². The third kappa shape index (κ3) is 6.30. The van der Waals surface area contributed by atoms with Gasteiger partial charge in [0.2, 0.25) is 5.78 Å². The van der Waals surface area contributed by atoms with Crippen molar-refractivity contribution in [3.05, 3.63) is 138 Å². The molecule has 0 spiro atoms. The fourth-order valence-corrected chi connectivity index (χ4v) is 9.68. The minimum Gasteiger partial charge on any atom is -1.00 e. The van der Waals surface area contributed by atoms with Crippen LogP contribution in [0.3, 0.4) is 0 Å². The van der Waals surface area contributed by atoms with Crippen LogP contribution in [0.5, 0.6) is 0 Å². The topological polar surface area (TPSA) is 43.4 Å². The quantitative estimate of drug-likeness (QED) is 0.196. The van der Waals surface area contributed by atoms with Crippen molar-refractivity contribution >= 4 is 34.7 Å². The number of rotatable bonds is 11. The van der Waals surface area contributed by atoms with Gasteiger partial charge in [-0.2, -0.15) is 0 Å². The molecule has 5 rings (SSSR count). The summed E-state index contributed by atoms with van der Waals surface area (Å²) in [6.07, 6.45) is 6.45. The van der Waals surface area contributed by atoms with Gasteiger partial charge in [-0.25, -0.2) is 0 Å². The molecule has 0 heterocycles. The normalized spacial score (nSPS) is 12.8. The first kappa shape index (κ1) is 28.7. The molecule has 0 radical (unpaired) electrons. The molecule has 0 saturated carbocycles. The molecule has 1 aliphatic carbocycles. The summed E-state index contributed by atoms with van der Waals surface area (Å²) in [4.78, 5) is 25.1. The Balaban J connectivity index is 0.00000353. The van der Waals surface area contributed by atoms with Gasteiger partial charge in [-0.05, 0) is 62.1 Å². The minimum atomic E-state index is -1.80. The van der Waals surface area contributed by atoms with Crippen LogP contribution in [-0.2, 0) is 4.74 Å². The van der Waals surface area contributed by atoms with Gasteiger partial charge in [0.1, 0.15) is 23.2 Å². The molecule has 0 bridgehead atoms. The molecule has 0 amide bonds. The number of benzene rings is 4. The summed E-state index contributed by atoms with van der Waals surface area (Å²) < 4.78 is 5.78. The van der Waals surface area contributed by atoms with E-state index in [2.05, 4.69) is 91.0 Å². The number of hydrogen-bond donors (Lipinski definition) is 0. The molecule has 0 N–H and O–H groups in total. The number of halogens is 1. The molecule has 0 aromatic heterocycles. The standard InChI is InChI=1S/C34H32O3P.BrH/c35-32-26-33(34(36)31-23-13-12-22-30(31)32)37-24-14-1-2-15-25-38(27-16-6-3-7-17-27,28-18-8-4-9-19-28)29-20-10-5-11-21-29;/h3-13,16-23,26H,1-2,14-15,24-25H2;1H/q+1;/p-1. The first-order valence-electron chi connectivity index (χ1n) is 13.3. The van der Waals surface area contributed by atoms with Crippen LogP contribution in [0.15, 0.2) is 127 Å². The van der Waals surface area contributed by atoms with E-state index in [0.29, 0.717) is 17.7 Å². The fraction of sp³-hybridized carbons (Fsp3) is 0.176. The van der Waals surface area contributed by atoms with Gasteiger partial charge in [0.05, 0.1) is 12.8 Å². The van der Waals surface area contributed by atoms with E-state index in [9.17, 15) is 9.59 Å². The predicted octanol–water partition coefficient (Wildman–Crippen LogP) is 3.52. The van der Waals surface area contributed by atoms with E-state index >= 15 is 0 Å². The van der Waals surface area contributed by atoms with E-state index < -0.39 is 7.26 Å². The lowest BCUT2D eigenvalue weighted by atomic mass is 9.94. The van der Waals surface area contributed by atoms with Crippen molar-refractivity contribution < 1.29 is 31.3 Å². The van der Waals surface area contributed by atoms with Gasteiger partial charge in [-0.15, -0.1) is 0 Å². The molecule has 5 heteroatoms. The Hall–Kier alpha value is -3.33. The number of carbonyl (C=O) groups is 2. The maximum atomic E-state index is 12.7. The zero-order valence-corrected chi connectivity index (χ0v) is 24.3. The number of fused-ring (bicyclic) bond motifs is 1. The average molecular weight is 600 g/mol. The first-order chi connectivity index (χ1) is 18.7. The van der Waals surface area contributed by atoms with E-state index in [1.165, 1.54) is 22.0 Å². The Bertz CT molecular complexity index is 1320. The van der Waals surface area contributed by atoms with Crippen LogP contribution in [0.4, 0.5) is 0 Å². The second-order valence-electron chi connectivity index (χ2n) is 9.55. The summed E-state index contributed by atoms with van der Waals surface area (Å²) in [5.41, 5.74) is 0.880. The Morgan fingerprint density at radius 2 is 1.00 bits per heavy atom. The molecule has 4 aromatic rings. The highest BCUT2D eigenvalue weighted by Gasteiger charge is 2.44. The lowest BCUT2D eigenvalue weighted by Crippen LogP contribution is -3.00. The molecular formula is C34H32BrO3P. The van der Waals surface area contributed by atoms with E-state index in [4.69, 9.17) is 4.74 Å². The lowest BCUT2D eigenvalue weighted by molar-refractivity contribution is -0.0000215. The van der Waals surface area contributed by atoms with Crippen LogP contribution >= 0.6 is 7.26 Å². The molecular weight excluding hydrogens is 567 g/mol. The molecule has 0 atom stereocenters.